The summed E-state index contributed by atoms with van der Waals surface area (Å²) in [5, 5.41) is 1.09. The Balaban J connectivity index is 2.59. The zero-order chi connectivity index (χ0) is 10.3. The van der Waals surface area contributed by atoms with Gasteiger partial charge in [0.25, 0.3) is 0 Å². The largest absolute Gasteiger partial charge is 0.360 e. The normalized spacial score (nSPS) is 10.9. The number of H-pyrrole nitrogens is 1. The first kappa shape index (κ1) is 8.24. The highest BCUT2D eigenvalue weighted by Gasteiger charge is 2.08. The van der Waals surface area contributed by atoms with E-state index in [4.69, 9.17) is 0 Å². The monoisotopic (exact) mass is 195 g/mol. The zero-order valence-electron chi connectivity index (χ0n) is 8.03. The number of hydrogen-bond donors (Lipinski definition) is 1. The molecule has 1 N–H and O–H groups in total. The maximum Gasteiger partial charge on any atom is 0.187 e. The van der Waals surface area contributed by atoms with Crippen LogP contribution in [0.1, 0.15) is 0 Å². The molecule has 0 saturated carbocycles. The third-order valence-electron chi connectivity index (χ3n) is 2.66. The van der Waals surface area contributed by atoms with E-state index in [9.17, 15) is 4.79 Å². The van der Waals surface area contributed by atoms with E-state index >= 15 is 0 Å². The molecule has 0 saturated heterocycles. The van der Waals surface area contributed by atoms with Gasteiger partial charge in [-0.2, -0.15) is 0 Å². The van der Waals surface area contributed by atoms with Crippen molar-refractivity contribution in [2.75, 3.05) is 0 Å². The fraction of sp³-hybridized carbons (Fsp3) is 0. The van der Waals surface area contributed by atoms with Crippen LogP contribution >= 0.6 is 0 Å². The molecule has 0 unspecified atom stereocenters. The summed E-state index contributed by atoms with van der Waals surface area (Å²) < 4.78 is 0. The Morgan fingerprint density at radius 2 is 1.73 bits per heavy atom. The number of aromatic amines is 1. The molecule has 2 nitrogen and oxygen atoms in total. The van der Waals surface area contributed by atoms with Crippen LogP contribution < -0.4 is 5.43 Å². The fourth-order valence-electron chi connectivity index (χ4n) is 1.92. The minimum absolute atomic E-state index is 0.0644. The van der Waals surface area contributed by atoms with E-state index in [-0.39, 0.29) is 5.43 Å². The molecule has 1 heterocycles. The van der Waals surface area contributed by atoms with Crippen molar-refractivity contribution in [2.24, 2.45) is 0 Å². The van der Waals surface area contributed by atoms with Crippen molar-refractivity contribution in [3.05, 3.63) is 58.9 Å². The Morgan fingerprint density at radius 3 is 2.67 bits per heavy atom. The molecule has 0 aromatic heterocycles. The maximum atomic E-state index is 11.6. The first-order valence-corrected chi connectivity index (χ1v) is 4.85. The summed E-state index contributed by atoms with van der Waals surface area (Å²) in [7, 11) is 0. The van der Waals surface area contributed by atoms with Crippen LogP contribution in [0.2, 0.25) is 0 Å². The highest BCUT2D eigenvalue weighted by atomic mass is 16.1. The van der Waals surface area contributed by atoms with Gasteiger partial charge in [0.05, 0.1) is 0 Å². The van der Waals surface area contributed by atoms with Crippen molar-refractivity contribution in [3.8, 4) is 11.1 Å². The Morgan fingerprint density at radius 1 is 0.867 bits per heavy atom. The molecule has 1 aliphatic heterocycles. The molecule has 0 atom stereocenters. The van der Waals surface area contributed by atoms with Crippen LogP contribution in [0.15, 0.2) is 53.5 Å². The summed E-state index contributed by atoms with van der Waals surface area (Å²) in [6, 6.07) is 13.4. The molecule has 0 fully saturated rings. The van der Waals surface area contributed by atoms with Gasteiger partial charge in [0, 0.05) is 22.7 Å². The number of aromatic nitrogens is 1. The van der Waals surface area contributed by atoms with Crippen molar-refractivity contribution < 1.29 is 0 Å². The summed E-state index contributed by atoms with van der Waals surface area (Å²) >= 11 is 0. The molecule has 0 radical (unpaired) electrons. The number of hydrogen-bond acceptors (Lipinski definition) is 1. The Labute approximate surface area is 86.5 Å². The standard InChI is InChI=1S/C13H9NO/c15-13-7-3-5-9-10-4-1-2-6-12(10)14-8-11(9)13/h1-8,14H. The molecule has 2 aliphatic rings. The predicted molar refractivity (Wildman–Crippen MR) is 61.2 cm³/mol. The number of para-hydroxylation sites is 1. The van der Waals surface area contributed by atoms with Crippen LogP contribution in [0.5, 0.6) is 0 Å². The van der Waals surface area contributed by atoms with Crippen molar-refractivity contribution in [1.29, 1.82) is 0 Å². The summed E-state index contributed by atoms with van der Waals surface area (Å²) in [5.41, 5.74) is 2.87. The molecule has 0 amide bonds. The summed E-state index contributed by atoms with van der Waals surface area (Å²) in [5.74, 6) is 0. The van der Waals surface area contributed by atoms with Gasteiger partial charge >= 0.3 is 0 Å². The summed E-state index contributed by atoms with van der Waals surface area (Å²) in [4.78, 5) is 14.7. The van der Waals surface area contributed by atoms with E-state index in [1.807, 2.05) is 30.3 Å². The van der Waals surface area contributed by atoms with Gasteiger partial charge in [-0.25, -0.2) is 0 Å². The lowest BCUT2D eigenvalue weighted by molar-refractivity contribution is 1.38. The minimum atomic E-state index is 0.0644. The SMILES string of the molecule is O=c1cccc2c3ccccc3[nH]cc1-2. The molecular formula is C13H9NO. The molecule has 72 valence electrons. The van der Waals surface area contributed by atoms with E-state index in [1.54, 1.807) is 18.3 Å². The number of nitrogens with one attached hydrogen (secondary N) is 1. The van der Waals surface area contributed by atoms with Crippen molar-refractivity contribution in [3.63, 3.8) is 0 Å². The minimum Gasteiger partial charge on any atom is -0.360 e. The second kappa shape index (κ2) is 2.95. The van der Waals surface area contributed by atoms with Crippen LogP contribution in [-0.4, -0.2) is 4.98 Å². The average molecular weight is 195 g/mol. The Bertz CT molecular complexity index is 654. The lowest BCUT2D eigenvalue weighted by Crippen LogP contribution is -2.04. The van der Waals surface area contributed by atoms with Crippen molar-refractivity contribution in [2.45, 2.75) is 0 Å². The molecule has 1 aromatic carbocycles. The van der Waals surface area contributed by atoms with Crippen LogP contribution in [0.25, 0.3) is 22.0 Å². The van der Waals surface area contributed by atoms with Crippen LogP contribution in [0.3, 0.4) is 0 Å². The smallest absolute Gasteiger partial charge is 0.187 e. The van der Waals surface area contributed by atoms with Gasteiger partial charge in [-0.3, -0.25) is 4.79 Å². The van der Waals surface area contributed by atoms with E-state index in [2.05, 4.69) is 4.98 Å². The molecule has 0 bridgehead atoms. The molecular weight excluding hydrogens is 186 g/mol. The lowest BCUT2D eigenvalue weighted by atomic mass is 10.0. The van der Waals surface area contributed by atoms with E-state index in [0.717, 1.165) is 22.0 Å². The van der Waals surface area contributed by atoms with Gasteiger partial charge in [0.15, 0.2) is 5.43 Å². The number of benzene rings is 2. The Hall–Kier alpha value is -2.09. The first-order chi connectivity index (χ1) is 7.36. The van der Waals surface area contributed by atoms with Gasteiger partial charge in [0.2, 0.25) is 0 Å². The van der Waals surface area contributed by atoms with E-state index in [0.29, 0.717) is 0 Å². The molecule has 15 heavy (non-hydrogen) atoms. The second-order valence-electron chi connectivity index (χ2n) is 3.55. The van der Waals surface area contributed by atoms with Crippen molar-refractivity contribution in [1.82, 2.24) is 4.98 Å². The Kier molecular flexibility index (Phi) is 1.62. The fourth-order valence-corrected chi connectivity index (χ4v) is 1.92. The zero-order valence-corrected chi connectivity index (χ0v) is 8.03. The lowest BCUT2D eigenvalue weighted by Gasteiger charge is -2.07. The van der Waals surface area contributed by atoms with Gasteiger partial charge < -0.3 is 4.98 Å². The van der Waals surface area contributed by atoms with Crippen LogP contribution in [0.4, 0.5) is 0 Å². The van der Waals surface area contributed by atoms with Crippen LogP contribution in [-0.2, 0) is 0 Å². The molecule has 0 spiro atoms. The average Bonchev–Trinajstić information content (AvgIpc) is 2.29. The van der Waals surface area contributed by atoms with Crippen LogP contribution in [0, 0.1) is 0 Å². The summed E-state index contributed by atoms with van der Waals surface area (Å²) in [6.45, 7) is 0. The third kappa shape index (κ3) is 1.15. The molecule has 1 aliphatic carbocycles. The van der Waals surface area contributed by atoms with Gasteiger partial charge in [-0.1, -0.05) is 30.3 Å². The molecule has 2 heteroatoms. The highest BCUT2D eigenvalue weighted by molar-refractivity contribution is 5.94. The van der Waals surface area contributed by atoms with E-state index in [1.165, 1.54) is 0 Å². The number of pyridine rings is 1. The van der Waals surface area contributed by atoms with Gasteiger partial charge in [0.1, 0.15) is 0 Å². The molecule has 3 rings (SSSR count). The third-order valence-corrected chi connectivity index (χ3v) is 2.66. The topological polar surface area (TPSA) is 32.9 Å². The first-order valence-electron chi connectivity index (χ1n) is 4.85. The van der Waals surface area contributed by atoms with Gasteiger partial charge in [-0.05, 0) is 17.7 Å². The van der Waals surface area contributed by atoms with Crippen molar-refractivity contribution >= 4 is 10.9 Å². The van der Waals surface area contributed by atoms with E-state index < -0.39 is 0 Å². The number of rotatable bonds is 0. The highest BCUT2D eigenvalue weighted by Crippen LogP contribution is 2.25. The predicted octanol–water partition coefficient (Wildman–Crippen LogP) is 2.63. The molecule has 1 aromatic rings. The number of fused-ring (bicyclic) bond motifs is 3. The quantitative estimate of drug-likeness (QED) is 0.549. The second-order valence-corrected chi connectivity index (χ2v) is 3.55. The summed E-state index contributed by atoms with van der Waals surface area (Å²) in [6.07, 6.45) is 1.78. The maximum absolute atomic E-state index is 11.6. The van der Waals surface area contributed by atoms with Gasteiger partial charge in [-0.15, -0.1) is 0 Å².